The second-order valence-corrected chi connectivity index (χ2v) is 8.88. The van der Waals surface area contributed by atoms with Gasteiger partial charge in [0.2, 0.25) is 0 Å². The normalized spacial score (nSPS) is 12.7. The summed E-state index contributed by atoms with van der Waals surface area (Å²) in [7, 11) is 5.31. The van der Waals surface area contributed by atoms with E-state index in [1.807, 2.05) is 36.4 Å². The van der Waals surface area contributed by atoms with Crippen molar-refractivity contribution in [3.63, 3.8) is 0 Å². The molecule has 34 heavy (non-hydrogen) atoms. The molecule has 0 bridgehead atoms. The fourth-order valence-corrected chi connectivity index (χ4v) is 4.33. The van der Waals surface area contributed by atoms with E-state index in [2.05, 4.69) is 31.9 Å². The van der Waals surface area contributed by atoms with Crippen molar-refractivity contribution in [2.24, 2.45) is 5.92 Å². The van der Waals surface area contributed by atoms with E-state index >= 15 is 0 Å². The number of hydrogen-bond donors (Lipinski definition) is 2. The highest BCUT2D eigenvalue weighted by molar-refractivity contribution is 5.85. The highest BCUT2D eigenvalue weighted by Crippen LogP contribution is 2.40. The molecule has 188 valence electrons. The lowest BCUT2D eigenvalue weighted by molar-refractivity contribution is 0.259. The van der Waals surface area contributed by atoms with Gasteiger partial charge in [0.05, 0.1) is 38.9 Å². The summed E-state index contributed by atoms with van der Waals surface area (Å²) < 4.78 is 10.8. The first-order valence-corrected chi connectivity index (χ1v) is 11.5. The van der Waals surface area contributed by atoms with Gasteiger partial charge >= 0.3 is 0 Å². The molecule has 0 aliphatic heterocycles. The Morgan fingerprint density at radius 2 is 1.65 bits per heavy atom. The van der Waals surface area contributed by atoms with Crippen molar-refractivity contribution in [2.75, 3.05) is 34.4 Å². The zero-order valence-electron chi connectivity index (χ0n) is 21.0. The van der Waals surface area contributed by atoms with Crippen molar-refractivity contribution in [1.82, 2.24) is 4.90 Å². The van der Waals surface area contributed by atoms with Gasteiger partial charge in [-0.3, -0.25) is 0 Å². The fourth-order valence-electron chi connectivity index (χ4n) is 4.33. The van der Waals surface area contributed by atoms with Crippen LogP contribution in [0.4, 0.5) is 0 Å². The number of halogens is 1. The first kappa shape index (κ1) is 29.7. The standard InChI is InChI=1S/C27H38N2O4.ClH/c1-20(2)27(19-28,24-9-10-25(32-4)26(16-24)33-5)12-6-13-29(3)14-11-21-7-8-22(17-30)23(15-21)18-31;/h7-10,15-16,20,30-31H,6,11-14,17-18H2,1-5H3;1H. The number of ether oxygens (including phenoxy) is 2. The van der Waals surface area contributed by atoms with Crippen LogP contribution in [0.25, 0.3) is 0 Å². The predicted octanol–water partition coefficient (Wildman–Crippen LogP) is 4.48. The Bertz CT molecular complexity index is 945. The Labute approximate surface area is 210 Å². The van der Waals surface area contributed by atoms with Gasteiger partial charge in [-0.1, -0.05) is 38.1 Å². The Balaban J connectivity index is 0.00000578. The van der Waals surface area contributed by atoms with Crippen LogP contribution in [0.3, 0.4) is 0 Å². The van der Waals surface area contributed by atoms with E-state index in [0.717, 1.165) is 54.6 Å². The lowest BCUT2D eigenvalue weighted by atomic mass is 9.69. The molecule has 2 rings (SSSR count). The second-order valence-electron chi connectivity index (χ2n) is 8.88. The van der Waals surface area contributed by atoms with Crippen molar-refractivity contribution in [1.29, 1.82) is 5.26 Å². The number of nitriles is 1. The molecule has 2 aromatic carbocycles. The molecule has 1 atom stereocenters. The van der Waals surface area contributed by atoms with Crippen molar-refractivity contribution < 1.29 is 19.7 Å². The largest absolute Gasteiger partial charge is 0.493 e. The molecule has 7 heteroatoms. The Morgan fingerprint density at radius 3 is 2.21 bits per heavy atom. The van der Waals surface area contributed by atoms with Gasteiger partial charge < -0.3 is 24.6 Å². The van der Waals surface area contributed by atoms with Crippen molar-refractivity contribution in [3.05, 3.63) is 58.7 Å². The molecule has 0 saturated carbocycles. The predicted molar refractivity (Wildman–Crippen MR) is 138 cm³/mol. The molecule has 0 spiro atoms. The van der Waals surface area contributed by atoms with Gasteiger partial charge in [-0.25, -0.2) is 0 Å². The molecule has 0 aliphatic rings. The number of benzene rings is 2. The summed E-state index contributed by atoms with van der Waals surface area (Å²) in [5, 5.41) is 29.1. The SMILES string of the molecule is COc1ccc(C(C#N)(CCCN(C)CCc2ccc(CO)c(CO)c2)C(C)C)cc1OC.Cl. The van der Waals surface area contributed by atoms with Crippen molar-refractivity contribution in [3.8, 4) is 17.6 Å². The van der Waals surface area contributed by atoms with Gasteiger partial charge in [0.15, 0.2) is 11.5 Å². The minimum absolute atomic E-state index is 0. The van der Waals surface area contributed by atoms with Gasteiger partial charge in [-0.15, -0.1) is 12.4 Å². The van der Waals surface area contributed by atoms with E-state index in [4.69, 9.17) is 9.47 Å². The second kappa shape index (κ2) is 14.2. The van der Waals surface area contributed by atoms with Crippen LogP contribution in [0, 0.1) is 17.2 Å². The number of nitrogens with zero attached hydrogens (tertiary/aromatic N) is 2. The average Bonchev–Trinajstić information content (AvgIpc) is 2.84. The minimum Gasteiger partial charge on any atom is -0.493 e. The number of likely N-dealkylation sites (N-methyl/N-ethyl adjacent to an activating group) is 1. The van der Waals surface area contributed by atoms with Crippen LogP contribution in [-0.2, 0) is 25.0 Å². The number of aliphatic hydroxyl groups is 2. The van der Waals surface area contributed by atoms with Gasteiger partial charge in [0.1, 0.15) is 0 Å². The first-order chi connectivity index (χ1) is 15.8. The van der Waals surface area contributed by atoms with Gasteiger partial charge in [-0.2, -0.15) is 5.26 Å². The lowest BCUT2D eigenvalue weighted by Gasteiger charge is -2.32. The number of rotatable bonds is 13. The number of methoxy groups -OCH3 is 2. The molecular formula is C27H39ClN2O4. The quantitative estimate of drug-likeness (QED) is 0.430. The van der Waals surface area contributed by atoms with Gasteiger partial charge in [0, 0.05) is 6.54 Å². The lowest BCUT2D eigenvalue weighted by Crippen LogP contribution is -2.32. The molecule has 0 saturated heterocycles. The third kappa shape index (κ3) is 7.10. The van der Waals surface area contributed by atoms with Gasteiger partial charge in [0.25, 0.3) is 0 Å². The summed E-state index contributed by atoms with van der Waals surface area (Å²) in [6, 6.07) is 14.3. The van der Waals surface area contributed by atoms with Crippen molar-refractivity contribution >= 4 is 12.4 Å². The van der Waals surface area contributed by atoms with Crippen LogP contribution < -0.4 is 9.47 Å². The summed E-state index contributed by atoms with van der Waals surface area (Å²) in [6.45, 7) is 5.82. The molecular weight excluding hydrogens is 452 g/mol. The first-order valence-electron chi connectivity index (χ1n) is 11.5. The van der Waals surface area contributed by atoms with Gasteiger partial charge in [-0.05, 0) is 73.2 Å². The average molecular weight is 491 g/mol. The molecule has 2 aromatic rings. The van der Waals surface area contributed by atoms with Crippen LogP contribution in [0.1, 0.15) is 48.9 Å². The maximum Gasteiger partial charge on any atom is 0.161 e. The van der Waals surface area contributed by atoms with Crippen LogP contribution in [0.15, 0.2) is 36.4 Å². The molecule has 0 fully saturated rings. The van der Waals surface area contributed by atoms with Crippen LogP contribution >= 0.6 is 12.4 Å². The van der Waals surface area contributed by atoms with Crippen LogP contribution in [0.2, 0.25) is 0 Å². The Morgan fingerprint density at radius 1 is 0.971 bits per heavy atom. The molecule has 0 aromatic heterocycles. The molecule has 0 aliphatic carbocycles. The topological polar surface area (TPSA) is 86.0 Å². The molecule has 2 N–H and O–H groups in total. The van der Waals surface area contributed by atoms with E-state index in [1.54, 1.807) is 14.2 Å². The molecule has 0 amide bonds. The summed E-state index contributed by atoms with van der Waals surface area (Å²) in [6.07, 6.45) is 2.50. The Hall–Kier alpha value is -2.30. The fraction of sp³-hybridized carbons (Fsp3) is 0.519. The smallest absolute Gasteiger partial charge is 0.161 e. The monoisotopic (exact) mass is 490 g/mol. The molecule has 0 radical (unpaired) electrons. The summed E-state index contributed by atoms with van der Waals surface area (Å²) in [5.74, 6) is 1.45. The summed E-state index contributed by atoms with van der Waals surface area (Å²) >= 11 is 0. The Kier molecular flexibility index (Phi) is 12.4. The maximum atomic E-state index is 10.2. The maximum absolute atomic E-state index is 10.2. The minimum atomic E-state index is -0.601. The van der Waals surface area contributed by atoms with Crippen molar-refractivity contribution in [2.45, 2.75) is 51.7 Å². The third-order valence-electron chi connectivity index (χ3n) is 6.59. The third-order valence-corrected chi connectivity index (χ3v) is 6.59. The van der Waals surface area contributed by atoms with E-state index < -0.39 is 5.41 Å². The number of hydrogen-bond acceptors (Lipinski definition) is 6. The molecule has 0 heterocycles. The van der Waals surface area contributed by atoms with E-state index in [9.17, 15) is 15.5 Å². The summed E-state index contributed by atoms with van der Waals surface area (Å²) in [5.41, 5.74) is 3.05. The molecule has 6 nitrogen and oxygen atoms in total. The zero-order valence-corrected chi connectivity index (χ0v) is 21.8. The van der Waals surface area contributed by atoms with E-state index in [-0.39, 0.29) is 31.5 Å². The molecule has 1 unspecified atom stereocenters. The van der Waals surface area contributed by atoms with E-state index in [0.29, 0.717) is 11.5 Å². The highest BCUT2D eigenvalue weighted by Gasteiger charge is 2.36. The summed E-state index contributed by atoms with van der Waals surface area (Å²) in [4.78, 5) is 2.27. The zero-order chi connectivity index (χ0) is 24.4. The van der Waals surface area contributed by atoms with Crippen LogP contribution in [0.5, 0.6) is 11.5 Å². The highest BCUT2D eigenvalue weighted by atomic mass is 35.5. The van der Waals surface area contributed by atoms with E-state index in [1.165, 1.54) is 0 Å². The van der Waals surface area contributed by atoms with Crippen LogP contribution in [-0.4, -0.2) is 49.5 Å². The number of aliphatic hydroxyl groups excluding tert-OH is 2.